The van der Waals surface area contributed by atoms with Crippen LogP contribution in [-0.4, -0.2) is 59.7 Å². The SMILES string of the molecule is CC1(c2cc(Nc3nc(N4C[C@H](O)C[C@H]4C(=O)O)nn4cccc34)n[nH]2)CC1. The number of rotatable bonds is 5. The fourth-order valence-electron chi connectivity index (χ4n) is 3.68. The molecule has 0 radical (unpaired) electrons. The number of hydrogen-bond acceptors (Lipinski definition) is 7. The van der Waals surface area contributed by atoms with E-state index >= 15 is 0 Å². The van der Waals surface area contributed by atoms with E-state index in [1.54, 1.807) is 10.7 Å². The van der Waals surface area contributed by atoms with Crippen LogP contribution in [0.1, 0.15) is 31.9 Å². The molecule has 2 atom stereocenters. The molecule has 1 aliphatic heterocycles. The minimum Gasteiger partial charge on any atom is -0.480 e. The molecule has 10 nitrogen and oxygen atoms in total. The number of aromatic nitrogens is 5. The maximum Gasteiger partial charge on any atom is 0.326 e. The van der Waals surface area contributed by atoms with E-state index < -0.39 is 18.1 Å². The number of nitrogens with zero attached hydrogens (tertiary/aromatic N) is 5. The summed E-state index contributed by atoms with van der Waals surface area (Å²) in [6, 6.07) is 4.83. The summed E-state index contributed by atoms with van der Waals surface area (Å²) < 4.78 is 1.64. The lowest BCUT2D eigenvalue weighted by Crippen LogP contribution is -2.37. The number of aliphatic hydroxyl groups is 1. The van der Waals surface area contributed by atoms with E-state index in [4.69, 9.17) is 0 Å². The Hall–Kier alpha value is -3.14. The molecule has 146 valence electrons. The first kappa shape index (κ1) is 17.0. The Morgan fingerprint density at radius 2 is 2.25 bits per heavy atom. The average Bonchev–Trinajstić information content (AvgIpc) is 3.08. The van der Waals surface area contributed by atoms with Gasteiger partial charge >= 0.3 is 5.97 Å². The van der Waals surface area contributed by atoms with Gasteiger partial charge in [0.15, 0.2) is 11.6 Å². The largest absolute Gasteiger partial charge is 0.480 e. The lowest BCUT2D eigenvalue weighted by Gasteiger charge is -2.21. The number of aliphatic hydroxyl groups excluding tert-OH is 1. The van der Waals surface area contributed by atoms with Crippen LogP contribution < -0.4 is 10.2 Å². The molecule has 1 aliphatic carbocycles. The van der Waals surface area contributed by atoms with Crippen LogP contribution in [0.5, 0.6) is 0 Å². The Kier molecular flexibility index (Phi) is 3.60. The summed E-state index contributed by atoms with van der Waals surface area (Å²) in [5, 5.41) is 34.5. The number of carboxylic acid groups (broad SMARTS) is 1. The topological polar surface area (TPSA) is 132 Å². The van der Waals surface area contributed by atoms with Gasteiger partial charge in [-0.25, -0.2) is 9.31 Å². The van der Waals surface area contributed by atoms with Crippen LogP contribution in [0.4, 0.5) is 17.6 Å². The first-order valence-corrected chi connectivity index (χ1v) is 9.29. The summed E-state index contributed by atoms with van der Waals surface area (Å²) in [5.41, 5.74) is 2.01. The minimum absolute atomic E-state index is 0.145. The summed E-state index contributed by atoms with van der Waals surface area (Å²) in [6.07, 6.45) is 3.48. The molecular weight excluding hydrogens is 362 g/mol. The standard InChI is InChI=1S/C18H21N7O3/c1-18(4-5-18)13-8-14(22-21-13)19-15-11-3-2-6-25(11)23-17(20-15)24-9-10(26)7-12(24)16(27)28/h2-3,6,8,10,12,26H,4-5,7,9H2,1H3,(H,27,28)(H2,19,20,21,22,23)/t10-,12+/m1/s1. The smallest absolute Gasteiger partial charge is 0.326 e. The van der Waals surface area contributed by atoms with Gasteiger partial charge in [-0.05, 0) is 25.0 Å². The van der Waals surface area contributed by atoms with Crippen molar-refractivity contribution in [1.29, 1.82) is 0 Å². The number of carbonyl (C=O) groups is 1. The van der Waals surface area contributed by atoms with Crippen LogP contribution in [-0.2, 0) is 10.2 Å². The predicted molar refractivity (Wildman–Crippen MR) is 101 cm³/mol. The highest BCUT2D eigenvalue weighted by molar-refractivity contribution is 5.79. The highest BCUT2D eigenvalue weighted by Crippen LogP contribution is 2.47. The van der Waals surface area contributed by atoms with Gasteiger partial charge in [-0.1, -0.05) is 6.92 Å². The lowest BCUT2D eigenvalue weighted by molar-refractivity contribution is -0.138. The third-order valence-corrected chi connectivity index (χ3v) is 5.68. The van der Waals surface area contributed by atoms with Gasteiger partial charge in [0, 0.05) is 36.3 Å². The predicted octanol–water partition coefficient (Wildman–Crippen LogP) is 1.27. The number of fused-ring (bicyclic) bond motifs is 1. The van der Waals surface area contributed by atoms with Crippen molar-refractivity contribution in [3.8, 4) is 0 Å². The molecule has 2 aliphatic rings. The number of carboxylic acids is 1. The summed E-state index contributed by atoms with van der Waals surface area (Å²) in [5.74, 6) is 0.420. The highest BCUT2D eigenvalue weighted by atomic mass is 16.4. The van der Waals surface area contributed by atoms with Crippen molar-refractivity contribution in [3.63, 3.8) is 0 Å². The van der Waals surface area contributed by atoms with Crippen LogP contribution in [0.2, 0.25) is 0 Å². The molecule has 0 aromatic carbocycles. The van der Waals surface area contributed by atoms with Gasteiger partial charge in [0.25, 0.3) is 0 Å². The molecule has 10 heteroatoms. The number of aromatic amines is 1. The molecule has 3 aromatic rings. The van der Waals surface area contributed by atoms with E-state index in [0.29, 0.717) is 11.6 Å². The van der Waals surface area contributed by atoms with Crippen molar-refractivity contribution in [1.82, 2.24) is 24.8 Å². The van der Waals surface area contributed by atoms with Crippen molar-refractivity contribution in [2.45, 2.75) is 43.7 Å². The van der Waals surface area contributed by atoms with Gasteiger partial charge in [0.2, 0.25) is 5.95 Å². The van der Waals surface area contributed by atoms with Crippen LogP contribution in [0, 0.1) is 0 Å². The Morgan fingerprint density at radius 1 is 1.43 bits per heavy atom. The molecule has 4 N–H and O–H groups in total. The van der Waals surface area contributed by atoms with E-state index in [1.165, 1.54) is 4.90 Å². The van der Waals surface area contributed by atoms with Crippen molar-refractivity contribution in [2.75, 3.05) is 16.8 Å². The van der Waals surface area contributed by atoms with Gasteiger partial charge < -0.3 is 20.4 Å². The first-order valence-electron chi connectivity index (χ1n) is 9.29. The van der Waals surface area contributed by atoms with Crippen molar-refractivity contribution in [3.05, 3.63) is 30.1 Å². The lowest BCUT2D eigenvalue weighted by atomic mass is 10.1. The molecule has 0 spiro atoms. The summed E-state index contributed by atoms with van der Waals surface area (Å²) in [6.45, 7) is 2.37. The molecule has 28 heavy (non-hydrogen) atoms. The van der Waals surface area contributed by atoms with Crippen LogP contribution >= 0.6 is 0 Å². The third kappa shape index (κ3) is 2.76. The summed E-state index contributed by atoms with van der Waals surface area (Å²) in [7, 11) is 0. The maximum absolute atomic E-state index is 11.6. The van der Waals surface area contributed by atoms with Gasteiger partial charge in [0.1, 0.15) is 11.6 Å². The Balaban J connectivity index is 1.51. The summed E-state index contributed by atoms with van der Waals surface area (Å²) in [4.78, 5) is 17.7. The fraction of sp³-hybridized carbons (Fsp3) is 0.444. The van der Waals surface area contributed by atoms with E-state index in [-0.39, 0.29) is 24.3 Å². The molecule has 0 bridgehead atoms. The minimum atomic E-state index is -1.00. The van der Waals surface area contributed by atoms with E-state index in [2.05, 4.69) is 32.5 Å². The summed E-state index contributed by atoms with van der Waals surface area (Å²) >= 11 is 0. The second-order valence-corrected chi connectivity index (χ2v) is 7.85. The molecular formula is C18H21N7O3. The van der Waals surface area contributed by atoms with Gasteiger partial charge in [-0.15, -0.1) is 5.10 Å². The van der Waals surface area contributed by atoms with E-state index in [9.17, 15) is 15.0 Å². The van der Waals surface area contributed by atoms with Gasteiger partial charge in [-0.3, -0.25) is 5.10 Å². The van der Waals surface area contributed by atoms with Crippen molar-refractivity contribution < 1.29 is 15.0 Å². The maximum atomic E-state index is 11.6. The third-order valence-electron chi connectivity index (χ3n) is 5.68. The quantitative estimate of drug-likeness (QED) is 0.518. The van der Waals surface area contributed by atoms with Crippen LogP contribution in [0.15, 0.2) is 24.4 Å². The molecule has 0 amide bonds. The molecule has 1 saturated carbocycles. The van der Waals surface area contributed by atoms with Crippen LogP contribution in [0.25, 0.3) is 5.52 Å². The highest BCUT2D eigenvalue weighted by Gasteiger charge is 2.41. The van der Waals surface area contributed by atoms with Crippen molar-refractivity contribution >= 4 is 29.1 Å². The number of β-amino-alcohol motifs (C(OH)–C–C–N with tert-alkyl or cyclic N) is 1. The zero-order valence-corrected chi connectivity index (χ0v) is 15.3. The molecule has 2 fully saturated rings. The zero-order chi connectivity index (χ0) is 19.5. The molecule has 5 rings (SSSR count). The van der Waals surface area contributed by atoms with Crippen LogP contribution in [0.3, 0.4) is 0 Å². The number of anilines is 3. The van der Waals surface area contributed by atoms with Gasteiger partial charge in [0.05, 0.1) is 6.10 Å². The molecule has 4 heterocycles. The van der Waals surface area contributed by atoms with Gasteiger partial charge in [-0.2, -0.15) is 10.1 Å². The van der Waals surface area contributed by atoms with E-state index in [1.807, 2.05) is 18.2 Å². The monoisotopic (exact) mass is 383 g/mol. The molecule has 3 aromatic heterocycles. The second kappa shape index (κ2) is 5.93. The second-order valence-electron chi connectivity index (χ2n) is 7.85. The first-order chi connectivity index (χ1) is 13.4. The molecule has 1 saturated heterocycles. The zero-order valence-electron chi connectivity index (χ0n) is 15.3. The number of H-pyrrole nitrogens is 1. The molecule has 0 unspecified atom stereocenters. The Bertz CT molecular complexity index is 1050. The number of hydrogen-bond donors (Lipinski definition) is 4. The van der Waals surface area contributed by atoms with E-state index in [0.717, 1.165) is 24.1 Å². The number of aliphatic carboxylic acids is 1. The van der Waals surface area contributed by atoms with Crippen molar-refractivity contribution in [2.24, 2.45) is 0 Å². The normalized spacial score (nSPS) is 23.3. The number of nitrogens with one attached hydrogen (secondary N) is 2. The average molecular weight is 383 g/mol. The Labute approximate surface area is 160 Å². The Morgan fingerprint density at radius 3 is 3.00 bits per heavy atom. The fourth-order valence-corrected chi connectivity index (χ4v) is 3.68.